The Labute approximate surface area is 189 Å². The van der Waals surface area contributed by atoms with Crippen LogP contribution < -0.4 is 4.74 Å². The first-order chi connectivity index (χ1) is 15.2. The van der Waals surface area contributed by atoms with Crippen LogP contribution in [0.25, 0.3) is 0 Å². The Hall–Kier alpha value is -1.36. The largest absolute Gasteiger partial charge is 0.492 e. The van der Waals surface area contributed by atoms with Crippen molar-refractivity contribution < 1.29 is 14.5 Å². The van der Waals surface area contributed by atoms with Gasteiger partial charge in [-0.2, -0.15) is 0 Å². The Morgan fingerprint density at radius 3 is 2.58 bits per heavy atom. The molecular formula is C27H43NO3. The number of nitrogens with zero attached hydrogens (tertiary/aromatic N) is 1. The Kier molecular flexibility index (Phi) is 9.89. The summed E-state index contributed by atoms with van der Waals surface area (Å²) in [5.74, 6) is 1.49. The van der Waals surface area contributed by atoms with Crippen LogP contribution in [0.1, 0.15) is 89.5 Å². The SMILES string of the molecule is C=CCC(CC)OO[C@]1(CC)CCC[C@@H](c2ccc(OCCN3CCCCC3)cc2)C1. The molecule has 3 rings (SSSR count). The molecule has 0 N–H and O–H groups in total. The molecular weight excluding hydrogens is 386 g/mol. The summed E-state index contributed by atoms with van der Waals surface area (Å²) in [5, 5.41) is 0. The Balaban J connectivity index is 1.50. The van der Waals surface area contributed by atoms with Gasteiger partial charge in [-0.3, -0.25) is 4.90 Å². The smallest absolute Gasteiger partial charge is 0.119 e. The van der Waals surface area contributed by atoms with Crippen molar-refractivity contribution in [1.82, 2.24) is 4.90 Å². The van der Waals surface area contributed by atoms with E-state index in [0.717, 1.165) is 51.0 Å². The highest BCUT2D eigenvalue weighted by atomic mass is 17.2. The van der Waals surface area contributed by atoms with E-state index in [1.54, 1.807) is 0 Å². The summed E-state index contributed by atoms with van der Waals surface area (Å²) < 4.78 is 6.02. The summed E-state index contributed by atoms with van der Waals surface area (Å²) in [6, 6.07) is 8.78. The first kappa shape index (κ1) is 24.3. The normalized spacial score (nSPS) is 25.8. The maximum absolute atomic E-state index is 6.13. The molecule has 3 atom stereocenters. The zero-order chi connectivity index (χ0) is 21.9. The summed E-state index contributed by atoms with van der Waals surface area (Å²) in [5.41, 5.74) is 1.21. The monoisotopic (exact) mass is 429 g/mol. The van der Waals surface area contributed by atoms with Crippen LogP contribution in [0.3, 0.4) is 0 Å². The van der Waals surface area contributed by atoms with Gasteiger partial charge in [-0.1, -0.05) is 38.5 Å². The van der Waals surface area contributed by atoms with E-state index >= 15 is 0 Å². The molecule has 1 aromatic rings. The fraction of sp³-hybridized carbons (Fsp3) is 0.704. The maximum Gasteiger partial charge on any atom is 0.119 e. The second-order valence-electron chi connectivity index (χ2n) is 9.38. The van der Waals surface area contributed by atoms with Gasteiger partial charge in [0.05, 0.1) is 6.10 Å². The van der Waals surface area contributed by atoms with Crippen molar-refractivity contribution in [3.63, 3.8) is 0 Å². The molecule has 2 aliphatic rings. The lowest BCUT2D eigenvalue weighted by Crippen LogP contribution is -2.38. The summed E-state index contributed by atoms with van der Waals surface area (Å²) in [4.78, 5) is 14.5. The van der Waals surface area contributed by atoms with Gasteiger partial charge in [0.2, 0.25) is 0 Å². The standard InChI is InChI=1S/C27H43NO3/c1-4-11-25(5-2)30-31-27(6-3)17-10-12-24(22-27)23-13-15-26(16-14-23)29-21-20-28-18-8-7-9-19-28/h4,13-16,24-25H,1,5-12,17-22H2,2-3H3/t24-,25?,27-/m1/s1. The third kappa shape index (κ3) is 7.34. The quantitative estimate of drug-likeness (QED) is 0.211. The zero-order valence-electron chi connectivity index (χ0n) is 19.8. The van der Waals surface area contributed by atoms with Crippen LogP contribution in [0.5, 0.6) is 5.75 Å². The summed E-state index contributed by atoms with van der Waals surface area (Å²) >= 11 is 0. The average molecular weight is 430 g/mol. The highest BCUT2D eigenvalue weighted by Crippen LogP contribution is 2.43. The van der Waals surface area contributed by atoms with Crippen molar-refractivity contribution >= 4 is 0 Å². The molecule has 0 aromatic heterocycles. The highest BCUT2D eigenvalue weighted by Gasteiger charge is 2.38. The second-order valence-corrected chi connectivity index (χ2v) is 9.38. The van der Waals surface area contributed by atoms with E-state index in [0.29, 0.717) is 5.92 Å². The lowest BCUT2D eigenvalue weighted by atomic mass is 9.74. The molecule has 4 heteroatoms. The molecule has 1 heterocycles. The van der Waals surface area contributed by atoms with E-state index in [1.807, 2.05) is 6.08 Å². The number of rotatable bonds is 12. The lowest BCUT2D eigenvalue weighted by Gasteiger charge is -2.40. The van der Waals surface area contributed by atoms with Crippen molar-refractivity contribution in [2.24, 2.45) is 0 Å². The summed E-state index contributed by atoms with van der Waals surface area (Å²) in [7, 11) is 0. The topological polar surface area (TPSA) is 30.9 Å². The van der Waals surface area contributed by atoms with Crippen LogP contribution in [0, 0.1) is 0 Å². The van der Waals surface area contributed by atoms with E-state index in [-0.39, 0.29) is 11.7 Å². The molecule has 4 nitrogen and oxygen atoms in total. The minimum absolute atomic E-state index is 0.0997. The Morgan fingerprint density at radius 2 is 1.90 bits per heavy atom. The third-order valence-corrected chi connectivity index (χ3v) is 7.17. The molecule has 0 amide bonds. The van der Waals surface area contributed by atoms with Crippen LogP contribution in [0.4, 0.5) is 0 Å². The lowest BCUT2D eigenvalue weighted by molar-refractivity contribution is -0.391. The van der Waals surface area contributed by atoms with Gasteiger partial charge in [0, 0.05) is 6.54 Å². The third-order valence-electron chi connectivity index (χ3n) is 7.17. The van der Waals surface area contributed by atoms with Gasteiger partial charge in [-0.15, -0.1) is 6.58 Å². The van der Waals surface area contributed by atoms with Crippen LogP contribution in [-0.4, -0.2) is 42.8 Å². The molecule has 1 aliphatic carbocycles. The molecule has 174 valence electrons. The number of hydrogen-bond acceptors (Lipinski definition) is 4. The van der Waals surface area contributed by atoms with Gasteiger partial charge < -0.3 is 4.74 Å². The molecule has 0 radical (unpaired) electrons. The van der Waals surface area contributed by atoms with Crippen molar-refractivity contribution in [3.05, 3.63) is 42.5 Å². The van der Waals surface area contributed by atoms with Crippen molar-refractivity contribution in [3.8, 4) is 5.75 Å². The number of ether oxygens (including phenoxy) is 1. The molecule has 0 spiro atoms. The maximum atomic E-state index is 6.13. The zero-order valence-corrected chi connectivity index (χ0v) is 19.8. The van der Waals surface area contributed by atoms with Crippen molar-refractivity contribution in [1.29, 1.82) is 0 Å². The Bertz CT molecular complexity index is 640. The number of likely N-dealkylation sites (tertiary alicyclic amines) is 1. The number of hydrogen-bond donors (Lipinski definition) is 0. The van der Waals surface area contributed by atoms with Crippen LogP contribution >= 0.6 is 0 Å². The predicted molar refractivity (Wildman–Crippen MR) is 128 cm³/mol. The fourth-order valence-electron chi connectivity index (χ4n) is 5.01. The van der Waals surface area contributed by atoms with Gasteiger partial charge in [-0.05, 0) is 94.5 Å². The van der Waals surface area contributed by atoms with Gasteiger partial charge >= 0.3 is 0 Å². The number of benzene rings is 1. The Morgan fingerprint density at radius 1 is 1.13 bits per heavy atom. The highest BCUT2D eigenvalue weighted by molar-refractivity contribution is 5.30. The molecule has 0 bridgehead atoms. The molecule has 1 aromatic carbocycles. The second kappa shape index (κ2) is 12.6. The van der Waals surface area contributed by atoms with Crippen molar-refractivity contribution in [2.75, 3.05) is 26.2 Å². The van der Waals surface area contributed by atoms with Crippen molar-refractivity contribution in [2.45, 2.75) is 95.7 Å². The van der Waals surface area contributed by atoms with E-state index in [9.17, 15) is 0 Å². The first-order valence-corrected chi connectivity index (χ1v) is 12.6. The van der Waals surface area contributed by atoms with E-state index in [4.69, 9.17) is 14.5 Å². The predicted octanol–water partition coefficient (Wildman–Crippen LogP) is 6.66. The van der Waals surface area contributed by atoms with E-state index < -0.39 is 0 Å². The molecule has 1 saturated heterocycles. The van der Waals surface area contributed by atoms with Crippen LogP contribution in [0.2, 0.25) is 0 Å². The van der Waals surface area contributed by atoms with Crippen LogP contribution in [0.15, 0.2) is 36.9 Å². The van der Waals surface area contributed by atoms with Gasteiger partial charge in [0.25, 0.3) is 0 Å². The minimum Gasteiger partial charge on any atom is -0.492 e. The van der Waals surface area contributed by atoms with Gasteiger partial charge in [-0.25, -0.2) is 9.78 Å². The first-order valence-electron chi connectivity index (χ1n) is 12.6. The molecule has 1 saturated carbocycles. The average Bonchev–Trinajstić information content (AvgIpc) is 2.83. The minimum atomic E-state index is -0.179. The summed E-state index contributed by atoms with van der Waals surface area (Å²) in [6.07, 6.45) is 13.3. The molecule has 1 unspecified atom stereocenters. The van der Waals surface area contributed by atoms with Gasteiger partial charge in [0.15, 0.2) is 0 Å². The molecule has 1 aliphatic heterocycles. The molecule has 31 heavy (non-hydrogen) atoms. The summed E-state index contributed by atoms with van der Waals surface area (Å²) in [6.45, 7) is 12.4. The molecule has 2 fully saturated rings. The van der Waals surface area contributed by atoms with Crippen LogP contribution in [-0.2, 0) is 9.78 Å². The fourth-order valence-corrected chi connectivity index (χ4v) is 5.01. The van der Waals surface area contributed by atoms with E-state index in [2.05, 4.69) is 49.6 Å². The van der Waals surface area contributed by atoms with Gasteiger partial charge in [0.1, 0.15) is 18.0 Å². The van der Waals surface area contributed by atoms with E-state index in [1.165, 1.54) is 50.8 Å². The number of piperidine rings is 1.